The fourth-order valence-corrected chi connectivity index (χ4v) is 2.24. The third-order valence-electron chi connectivity index (χ3n) is 2.33. The fourth-order valence-electron chi connectivity index (χ4n) is 1.51. The lowest BCUT2D eigenvalue weighted by Gasteiger charge is -2.06. The van der Waals surface area contributed by atoms with E-state index >= 15 is 0 Å². The maximum absolute atomic E-state index is 6.06. The van der Waals surface area contributed by atoms with E-state index in [0.29, 0.717) is 23.9 Å². The first kappa shape index (κ1) is 13.5. The number of nitrogens with one attached hydrogen (secondary N) is 1. The highest BCUT2D eigenvalue weighted by atomic mass is 79.9. The van der Waals surface area contributed by atoms with E-state index < -0.39 is 0 Å². The van der Waals surface area contributed by atoms with Crippen LogP contribution in [0, 0.1) is 0 Å². The molecule has 1 aromatic heterocycles. The molecule has 1 aromatic carbocycles. The maximum atomic E-state index is 6.06. The van der Waals surface area contributed by atoms with Crippen LogP contribution < -0.4 is 10.1 Å². The Hall–Kier alpha value is -0.970. The van der Waals surface area contributed by atoms with Crippen LogP contribution in [0.2, 0.25) is 5.02 Å². The quantitative estimate of drug-likeness (QED) is 0.900. The van der Waals surface area contributed by atoms with Gasteiger partial charge in [0.1, 0.15) is 23.9 Å². The highest BCUT2D eigenvalue weighted by Gasteiger charge is 2.05. The van der Waals surface area contributed by atoms with Crippen molar-refractivity contribution in [2.75, 3.05) is 7.05 Å². The molecule has 18 heavy (non-hydrogen) atoms. The minimum Gasteiger partial charge on any atom is -0.484 e. The number of ether oxygens (including phenoxy) is 1. The van der Waals surface area contributed by atoms with Crippen molar-refractivity contribution in [2.45, 2.75) is 13.2 Å². The van der Waals surface area contributed by atoms with Crippen molar-refractivity contribution in [2.24, 2.45) is 0 Å². The molecule has 0 aliphatic carbocycles. The smallest absolute Gasteiger partial charge is 0.146 e. The van der Waals surface area contributed by atoms with Gasteiger partial charge in [0.05, 0.1) is 11.6 Å². The standard InChI is InChI=1S/C13H13BrClNO2/c1-16-7-10-3-4-11(18-10)8-17-13-5-2-9(14)6-12(13)15/h2-6,16H,7-8H2,1H3. The normalized spacial score (nSPS) is 10.6. The Labute approximate surface area is 119 Å². The molecule has 0 amide bonds. The molecule has 0 bridgehead atoms. The maximum Gasteiger partial charge on any atom is 0.146 e. The van der Waals surface area contributed by atoms with Crippen LogP contribution in [-0.4, -0.2) is 7.05 Å². The third kappa shape index (κ3) is 3.51. The highest BCUT2D eigenvalue weighted by molar-refractivity contribution is 9.10. The Morgan fingerprint density at radius 1 is 1.28 bits per heavy atom. The lowest BCUT2D eigenvalue weighted by atomic mass is 10.3. The van der Waals surface area contributed by atoms with Gasteiger partial charge in [-0.1, -0.05) is 27.5 Å². The molecule has 5 heteroatoms. The summed E-state index contributed by atoms with van der Waals surface area (Å²) in [6.45, 7) is 1.07. The zero-order chi connectivity index (χ0) is 13.0. The molecule has 0 saturated carbocycles. The zero-order valence-electron chi connectivity index (χ0n) is 9.87. The van der Waals surface area contributed by atoms with Crippen LogP contribution in [0.4, 0.5) is 0 Å². The number of benzene rings is 1. The molecular weight excluding hydrogens is 318 g/mol. The molecule has 0 fully saturated rings. The molecule has 2 rings (SSSR count). The molecule has 0 aliphatic rings. The average Bonchev–Trinajstić information content (AvgIpc) is 2.76. The van der Waals surface area contributed by atoms with Gasteiger partial charge in [-0.05, 0) is 37.4 Å². The van der Waals surface area contributed by atoms with Crippen LogP contribution >= 0.6 is 27.5 Å². The van der Waals surface area contributed by atoms with Crippen molar-refractivity contribution in [1.29, 1.82) is 0 Å². The second kappa shape index (κ2) is 6.27. The summed E-state index contributed by atoms with van der Waals surface area (Å²) in [4.78, 5) is 0. The SMILES string of the molecule is CNCc1ccc(COc2ccc(Br)cc2Cl)o1. The van der Waals surface area contributed by atoms with Crippen LogP contribution in [-0.2, 0) is 13.2 Å². The van der Waals surface area contributed by atoms with Crippen LogP contribution in [0.5, 0.6) is 5.75 Å². The van der Waals surface area contributed by atoms with E-state index in [9.17, 15) is 0 Å². The van der Waals surface area contributed by atoms with E-state index in [0.717, 1.165) is 16.0 Å². The molecule has 0 spiro atoms. The summed E-state index contributed by atoms with van der Waals surface area (Å²) in [5.74, 6) is 2.31. The summed E-state index contributed by atoms with van der Waals surface area (Å²) in [5.41, 5.74) is 0. The van der Waals surface area contributed by atoms with E-state index in [4.69, 9.17) is 20.8 Å². The number of hydrogen-bond acceptors (Lipinski definition) is 3. The summed E-state index contributed by atoms with van der Waals surface area (Å²) in [7, 11) is 1.88. The van der Waals surface area contributed by atoms with Crippen molar-refractivity contribution in [3.63, 3.8) is 0 Å². The number of halogens is 2. The van der Waals surface area contributed by atoms with Crippen molar-refractivity contribution in [3.05, 3.63) is 51.3 Å². The van der Waals surface area contributed by atoms with Gasteiger partial charge in [-0.15, -0.1) is 0 Å². The van der Waals surface area contributed by atoms with E-state index in [1.807, 2.05) is 31.3 Å². The first-order valence-corrected chi connectivity index (χ1v) is 6.66. The van der Waals surface area contributed by atoms with Gasteiger partial charge in [-0.3, -0.25) is 0 Å². The van der Waals surface area contributed by atoms with Crippen LogP contribution in [0.15, 0.2) is 39.2 Å². The summed E-state index contributed by atoms with van der Waals surface area (Å²) < 4.78 is 12.1. The average molecular weight is 331 g/mol. The number of hydrogen-bond donors (Lipinski definition) is 1. The van der Waals surface area contributed by atoms with Gasteiger partial charge >= 0.3 is 0 Å². The molecular formula is C13H13BrClNO2. The van der Waals surface area contributed by atoms with Gasteiger partial charge in [-0.25, -0.2) is 0 Å². The molecule has 96 valence electrons. The molecule has 0 atom stereocenters. The summed E-state index contributed by atoms with van der Waals surface area (Å²) >= 11 is 9.40. The van der Waals surface area contributed by atoms with Gasteiger partial charge in [-0.2, -0.15) is 0 Å². The summed E-state index contributed by atoms with van der Waals surface area (Å²) in [6.07, 6.45) is 0. The van der Waals surface area contributed by atoms with Gasteiger partial charge < -0.3 is 14.5 Å². The number of rotatable bonds is 5. The third-order valence-corrected chi connectivity index (χ3v) is 3.12. The Morgan fingerprint density at radius 2 is 2.06 bits per heavy atom. The van der Waals surface area contributed by atoms with Gasteiger partial charge in [0.15, 0.2) is 0 Å². The van der Waals surface area contributed by atoms with E-state index in [-0.39, 0.29) is 0 Å². The largest absolute Gasteiger partial charge is 0.484 e. The minimum atomic E-state index is 0.366. The Balaban J connectivity index is 1.97. The highest BCUT2D eigenvalue weighted by Crippen LogP contribution is 2.28. The van der Waals surface area contributed by atoms with Gasteiger partial charge in [0.25, 0.3) is 0 Å². The van der Waals surface area contributed by atoms with Crippen LogP contribution in [0.3, 0.4) is 0 Å². The second-order valence-corrected chi connectivity index (χ2v) is 5.08. The minimum absolute atomic E-state index is 0.366. The second-order valence-electron chi connectivity index (χ2n) is 3.76. The molecule has 1 heterocycles. The Bertz CT molecular complexity index is 527. The predicted octanol–water partition coefficient (Wildman–Crippen LogP) is 3.99. The summed E-state index contributed by atoms with van der Waals surface area (Å²) in [5, 5.41) is 3.60. The van der Waals surface area contributed by atoms with Crippen molar-refractivity contribution >= 4 is 27.5 Å². The van der Waals surface area contributed by atoms with Crippen LogP contribution in [0.1, 0.15) is 11.5 Å². The molecule has 0 aliphatic heterocycles. The monoisotopic (exact) mass is 329 g/mol. The molecule has 2 aromatic rings. The molecule has 0 unspecified atom stereocenters. The van der Waals surface area contributed by atoms with Crippen molar-refractivity contribution in [3.8, 4) is 5.75 Å². The van der Waals surface area contributed by atoms with Crippen molar-refractivity contribution < 1.29 is 9.15 Å². The molecule has 0 saturated heterocycles. The Kier molecular flexibility index (Phi) is 4.69. The van der Waals surface area contributed by atoms with Crippen molar-refractivity contribution in [1.82, 2.24) is 5.32 Å². The van der Waals surface area contributed by atoms with Gasteiger partial charge in [0, 0.05) is 4.47 Å². The van der Waals surface area contributed by atoms with E-state index in [1.54, 1.807) is 6.07 Å². The zero-order valence-corrected chi connectivity index (χ0v) is 12.2. The lowest BCUT2D eigenvalue weighted by molar-refractivity contribution is 0.265. The first-order valence-electron chi connectivity index (χ1n) is 5.49. The molecule has 0 radical (unpaired) electrons. The van der Waals surface area contributed by atoms with E-state index in [1.165, 1.54) is 0 Å². The fraction of sp³-hybridized carbons (Fsp3) is 0.231. The first-order chi connectivity index (χ1) is 8.69. The Morgan fingerprint density at radius 3 is 2.78 bits per heavy atom. The van der Waals surface area contributed by atoms with Crippen LogP contribution in [0.25, 0.3) is 0 Å². The summed E-state index contributed by atoms with van der Waals surface area (Å²) in [6, 6.07) is 9.34. The molecule has 1 N–H and O–H groups in total. The molecule has 3 nitrogen and oxygen atoms in total. The number of furan rings is 1. The van der Waals surface area contributed by atoms with E-state index in [2.05, 4.69) is 21.2 Å². The predicted molar refractivity (Wildman–Crippen MR) is 75.0 cm³/mol. The topological polar surface area (TPSA) is 34.4 Å². The lowest BCUT2D eigenvalue weighted by Crippen LogP contribution is -2.03. The van der Waals surface area contributed by atoms with Gasteiger partial charge in [0.2, 0.25) is 0 Å².